The molecule has 2 heterocycles. The average molecular weight is 277 g/mol. The van der Waals surface area contributed by atoms with Crippen LogP contribution in [-0.2, 0) is 0 Å². The van der Waals surface area contributed by atoms with Gasteiger partial charge in [-0.25, -0.2) is 9.97 Å². The number of halogens is 2. The summed E-state index contributed by atoms with van der Waals surface area (Å²) in [5.74, 6) is 1.40. The Kier molecular flexibility index (Phi) is 5.43. The highest BCUT2D eigenvalue weighted by atomic mass is 35.5. The van der Waals surface area contributed by atoms with Crippen molar-refractivity contribution < 1.29 is 0 Å². The maximum atomic E-state index is 5.98. The summed E-state index contributed by atoms with van der Waals surface area (Å²) in [6.45, 7) is 5.09. The molecule has 17 heavy (non-hydrogen) atoms. The van der Waals surface area contributed by atoms with Gasteiger partial charge < -0.3 is 10.2 Å². The molecular weight excluding hydrogens is 259 g/mol. The number of aryl methyl sites for hydroxylation is 1. The van der Waals surface area contributed by atoms with Crippen molar-refractivity contribution >= 4 is 30.0 Å². The normalized spacial score (nSPS) is 18.9. The highest BCUT2D eigenvalue weighted by Gasteiger charge is 2.17. The summed E-state index contributed by atoms with van der Waals surface area (Å²) < 4.78 is 0. The van der Waals surface area contributed by atoms with Gasteiger partial charge in [-0.05, 0) is 32.4 Å². The van der Waals surface area contributed by atoms with Gasteiger partial charge in [-0.1, -0.05) is 11.6 Å². The van der Waals surface area contributed by atoms with Crippen molar-refractivity contribution in [2.45, 2.75) is 13.3 Å². The zero-order valence-electron chi connectivity index (χ0n) is 10.1. The lowest BCUT2D eigenvalue weighted by Gasteiger charge is -2.20. The Hall–Kier alpha value is -0.580. The standard InChI is InChI=1S/C11H17ClN4.ClH/c1-8-5-14-11(15-10(8)12)16(2)7-9-3-4-13-6-9;/h5,9,13H,3-4,6-7H2,1-2H3;1H. The molecule has 1 aliphatic rings. The molecule has 96 valence electrons. The molecule has 0 aliphatic carbocycles. The molecule has 2 rings (SSSR count). The van der Waals surface area contributed by atoms with Crippen LogP contribution in [0.2, 0.25) is 5.15 Å². The monoisotopic (exact) mass is 276 g/mol. The van der Waals surface area contributed by atoms with Crippen molar-refractivity contribution in [3.63, 3.8) is 0 Å². The van der Waals surface area contributed by atoms with E-state index in [1.54, 1.807) is 6.20 Å². The Morgan fingerprint density at radius 3 is 2.94 bits per heavy atom. The van der Waals surface area contributed by atoms with Crippen molar-refractivity contribution in [1.29, 1.82) is 0 Å². The second-order valence-electron chi connectivity index (χ2n) is 4.38. The molecule has 6 heteroatoms. The molecule has 0 spiro atoms. The van der Waals surface area contributed by atoms with Crippen LogP contribution < -0.4 is 10.2 Å². The molecule has 1 aromatic rings. The molecule has 1 aliphatic heterocycles. The van der Waals surface area contributed by atoms with Gasteiger partial charge in [0.2, 0.25) is 5.95 Å². The first-order valence-corrected chi connectivity index (χ1v) is 5.95. The van der Waals surface area contributed by atoms with Crippen LogP contribution >= 0.6 is 24.0 Å². The third-order valence-corrected chi connectivity index (χ3v) is 3.32. The molecule has 1 fully saturated rings. The van der Waals surface area contributed by atoms with E-state index in [-0.39, 0.29) is 12.4 Å². The Morgan fingerprint density at radius 2 is 2.35 bits per heavy atom. The quantitative estimate of drug-likeness (QED) is 0.857. The van der Waals surface area contributed by atoms with Gasteiger partial charge in [-0.3, -0.25) is 0 Å². The molecule has 0 bridgehead atoms. The van der Waals surface area contributed by atoms with E-state index in [9.17, 15) is 0 Å². The smallest absolute Gasteiger partial charge is 0.226 e. The van der Waals surface area contributed by atoms with Crippen LogP contribution in [0.1, 0.15) is 12.0 Å². The first-order chi connectivity index (χ1) is 7.66. The second kappa shape index (κ2) is 6.38. The average Bonchev–Trinajstić information content (AvgIpc) is 2.74. The van der Waals surface area contributed by atoms with Gasteiger partial charge in [0.15, 0.2) is 0 Å². The van der Waals surface area contributed by atoms with Crippen LogP contribution in [0.3, 0.4) is 0 Å². The van der Waals surface area contributed by atoms with E-state index in [1.165, 1.54) is 6.42 Å². The van der Waals surface area contributed by atoms with E-state index in [0.717, 1.165) is 25.2 Å². The zero-order chi connectivity index (χ0) is 11.5. The summed E-state index contributed by atoms with van der Waals surface area (Å²) in [5.41, 5.74) is 0.918. The van der Waals surface area contributed by atoms with Gasteiger partial charge in [0, 0.05) is 25.4 Å². The molecule has 1 unspecified atom stereocenters. The number of hydrogen-bond donors (Lipinski definition) is 1. The molecule has 1 N–H and O–H groups in total. The van der Waals surface area contributed by atoms with Crippen molar-refractivity contribution in [1.82, 2.24) is 15.3 Å². The number of aromatic nitrogens is 2. The molecule has 4 nitrogen and oxygen atoms in total. The summed E-state index contributed by atoms with van der Waals surface area (Å²) >= 11 is 5.98. The first kappa shape index (κ1) is 14.5. The number of nitrogens with zero attached hydrogens (tertiary/aromatic N) is 3. The van der Waals surface area contributed by atoms with E-state index in [1.807, 2.05) is 14.0 Å². The van der Waals surface area contributed by atoms with Gasteiger partial charge in [-0.2, -0.15) is 0 Å². The molecule has 1 aromatic heterocycles. The fourth-order valence-electron chi connectivity index (χ4n) is 1.94. The number of anilines is 1. The molecule has 1 atom stereocenters. The number of rotatable bonds is 3. The lowest BCUT2D eigenvalue weighted by Crippen LogP contribution is -2.28. The highest BCUT2D eigenvalue weighted by molar-refractivity contribution is 6.30. The van der Waals surface area contributed by atoms with Gasteiger partial charge in [-0.15, -0.1) is 12.4 Å². The lowest BCUT2D eigenvalue weighted by molar-refractivity contribution is 0.573. The van der Waals surface area contributed by atoms with E-state index in [2.05, 4.69) is 20.2 Å². The SMILES string of the molecule is Cc1cnc(N(C)CC2CCNC2)nc1Cl.Cl. The highest BCUT2D eigenvalue weighted by Crippen LogP contribution is 2.16. The Bertz CT molecular complexity index is 366. The summed E-state index contributed by atoms with van der Waals surface area (Å²) in [5, 5.41) is 3.90. The van der Waals surface area contributed by atoms with Crippen molar-refractivity contribution in [2.75, 3.05) is 31.6 Å². The summed E-state index contributed by atoms with van der Waals surface area (Å²) in [6, 6.07) is 0. The summed E-state index contributed by atoms with van der Waals surface area (Å²) in [7, 11) is 2.01. The lowest BCUT2D eigenvalue weighted by atomic mass is 10.1. The molecule has 0 aromatic carbocycles. The van der Waals surface area contributed by atoms with Gasteiger partial charge >= 0.3 is 0 Å². The van der Waals surface area contributed by atoms with Gasteiger partial charge in [0.25, 0.3) is 0 Å². The largest absolute Gasteiger partial charge is 0.344 e. The Balaban J connectivity index is 0.00000144. The van der Waals surface area contributed by atoms with E-state index in [0.29, 0.717) is 17.0 Å². The zero-order valence-corrected chi connectivity index (χ0v) is 11.7. The van der Waals surface area contributed by atoms with Crippen LogP contribution in [0.25, 0.3) is 0 Å². The summed E-state index contributed by atoms with van der Waals surface area (Å²) in [4.78, 5) is 10.6. The van der Waals surface area contributed by atoms with Crippen molar-refractivity contribution in [3.05, 3.63) is 16.9 Å². The van der Waals surface area contributed by atoms with Crippen LogP contribution in [-0.4, -0.2) is 36.6 Å². The fraction of sp³-hybridized carbons (Fsp3) is 0.636. The molecular formula is C11H18Cl2N4. The molecule has 1 saturated heterocycles. The topological polar surface area (TPSA) is 41.1 Å². The minimum absolute atomic E-state index is 0. The number of nitrogens with one attached hydrogen (secondary N) is 1. The predicted molar refractivity (Wildman–Crippen MR) is 73.3 cm³/mol. The Morgan fingerprint density at radius 1 is 1.59 bits per heavy atom. The van der Waals surface area contributed by atoms with Crippen LogP contribution in [0.4, 0.5) is 5.95 Å². The van der Waals surface area contributed by atoms with E-state index >= 15 is 0 Å². The maximum Gasteiger partial charge on any atom is 0.226 e. The van der Waals surface area contributed by atoms with E-state index < -0.39 is 0 Å². The van der Waals surface area contributed by atoms with Gasteiger partial charge in [0.1, 0.15) is 5.15 Å². The van der Waals surface area contributed by atoms with Crippen molar-refractivity contribution in [2.24, 2.45) is 5.92 Å². The molecule has 0 radical (unpaired) electrons. The van der Waals surface area contributed by atoms with Crippen LogP contribution in [0, 0.1) is 12.8 Å². The maximum absolute atomic E-state index is 5.98. The van der Waals surface area contributed by atoms with Gasteiger partial charge in [0.05, 0.1) is 0 Å². The third kappa shape index (κ3) is 3.69. The third-order valence-electron chi connectivity index (χ3n) is 2.93. The van der Waals surface area contributed by atoms with Crippen LogP contribution in [0.5, 0.6) is 0 Å². The fourth-order valence-corrected chi connectivity index (χ4v) is 2.06. The first-order valence-electron chi connectivity index (χ1n) is 5.58. The van der Waals surface area contributed by atoms with Crippen molar-refractivity contribution in [3.8, 4) is 0 Å². The molecule has 0 saturated carbocycles. The number of hydrogen-bond acceptors (Lipinski definition) is 4. The Labute approximate surface area is 113 Å². The second-order valence-corrected chi connectivity index (χ2v) is 4.74. The van der Waals surface area contributed by atoms with Crippen LogP contribution in [0.15, 0.2) is 6.20 Å². The minimum atomic E-state index is 0. The molecule has 0 amide bonds. The predicted octanol–water partition coefficient (Wildman–Crippen LogP) is 1.91. The summed E-state index contributed by atoms with van der Waals surface area (Å²) in [6.07, 6.45) is 3.00. The van der Waals surface area contributed by atoms with E-state index in [4.69, 9.17) is 11.6 Å². The minimum Gasteiger partial charge on any atom is -0.344 e.